The maximum absolute atomic E-state index is 3.63. The van der Waals surface area contributed by atoms with Gasteiger partial charge in [0.2, 0.25) is 0 Å². The van der Waals surface area contributed by atoms with E-state index in [-0.39, 0.29) is 0 Å². The predicted octanol–water partition coefficient (Wildman–Crippen LogP) is 2.82. The number of benzene rings is 1. The van der Waals surface area contributed by atoms with Crippen molar-refractivity contribution in [3.8, 4) is 0 Å². The first-order valence-corrected chi connectivity index (χ1v) is 5.07. The van der Waals surface area contributed by atoms with Gasteiger partial charge in [0.1, 0.15) is 0 Å². The van der Waals surface area contributed by atoms with Gasteiger partial charge in [0.15, 0.2) is 0 Å². The van der Waals surface area contributed by atoms with Crippen molar-refractivity contribution in [2.45, 2.75) is 5.32 Å². The molecule has 0 radical (unpaired) electrons. The topological polar surface area (TPSA) is 0 Å². The molecule has 64 valence electrons. The smallest absolute Gasteiger partial charge is 0.0263 e. The molecule has 1 aromatic carbocycles. The van der Waals surface area contributed by atoms with Gasteiger partial charge >= 0.3 is 34.0 Å². The fourth-order valence-electron chi connectivity index (χ4n) is 0.589. The molecule has 0 aromatic heterocycles. The summed E-state index contributed by atoms with van der Waals surface area (Å²) in [5.41, 5.74) is 1.17. The van der Waals surface area contributed by atoms with E-state index >= 15 is 0 Å². The average molecular weight is 225 g/mol. The van der Waals surface area contributed by atoms with Gasteiger partial charge in [0, 0.05) is 0 Å². The zero-order valence-corrected chi connectivity index (χ0v) is 8.99. The SMILES string of the molecule is C=CC[SeH].C=Cc1ccccc1. The Kier molecular flexibility index (Phi) is 7.78. The second-order valence-corrected chi connectivity index (χ2v) is 2.85. The second-order valence-electron chi connectivity index (χ2n) is 2.09. The molecule has 1 heteroatoms. The van der Waals surface area contributed by atoms with Crippen LogP contribution < -0.4 is 0 Å². The van der Waals surface area contributed by atoms with Crippen LogP contribution in [0.4, 0.5) is 0 Å². The molecule has 0 aliphatic rings. The first-order chi connectivity index (χ1) is 5.85. The summed E-state index contributed by atoms with van der Waals surface area (Å²) in [7, 11) is 0. The Bertz CT molecular complexity index is 214. The van der Waals surface area contributed by atoms with Crippen molar-refractivity contribution in [2.75, 3.05) is 0 Å². The summed E-state index contributed by atoms with van der Waals surface area (Å²) >= 11 is 2.42. The maximum Gasteiger partial charge on any atom is -0.0263 e. The van der Waals surface area contributed by atoms with Crippen LogP contribution in [0.15, 0.2) is 49.6 Å². The molecule has 0 amide bonds. The summed E-state index contributed by atoms with van der Waals surface area (Å²) in [5, 5.41) is 1.02. The van der Waals surface area contributed by atoms with Crippen molar-refractivity contribution in [1.29, 1.82) is 0 Å². The van der Waals surface area contributed by atoms with E-state index < -0.39 is 0 Å². The molecule has 0 heterocycles. The van der Waals surface area contributed by atoms with Crippen molar-refractivity contribution < 1.29 is 0 Å². The van der Waals surface area contributed by atoms with Crippen LogP contribution in [0.3, 0.4) is 0 Å². The molecule has 0 spiro atoms. The Labute approximate surface area is 82.8 Å². The maximum atomic E-state index is 3.63. The summed E-state index contributed by atoms with van der Waals surface area (Å²) in [6.07, 6.45) is 3.68. The van der Waals surface area contributed by atoms with Gasteiger partial charge in [0.05, 0.1) is 0 Å². The van der Waals surface area contributed by atoms with E-state index in [0.717, 1.165) is 5.32 Å². The molecular weight excluding hydrogens is 211 g/mol. The third-order valence-corrected chi connectivity index (χ3v) is 1.71. The van der Waals surface area contributed by atoms with Crippen molar-refractivity contribution in [2.24, 2.45) is 0 Å². The first-order valence-electron chi connectivity index (χ1n) is 3.74. The summed E-state index contributed by atoms with van der Waals surface area (Å²) < 4.78 is 0. The molecule has 0 atom stereocenters. The molecule has 0 bridgehead atoms. The molecule has 0 N–H and O–H groups in total. The van der Waals surface area contributed by atoms with E-state index in [4.69, 9.17) is 0 Å². The Balaban J connectivity index is 0.000000261. The van der Waals surface area contributed by atoms with E-state index in [1.165, 1.54) is 5.56 Å². The van der Waals surface area contributed by atoms with Crippen LogP contribution in [0.2, 0.25) is 5.32 Å². The van der Waals surface area contributed by atoms with Gasteiger partial charge in [-0.3, -0.25) is 0 Å². The minimum Gasteiger partial charge on any atom is -0.0985 e. The molecule has 12 heavy (non-hydrogen) atoms. The van der Waals surface area contributed by atoms with Gasteiger partial charge in [-0.15, -0.1) is 0 Å². The Morgan fingerprint density at radius 2 is 1.67 bits per heavy atom. The van der Waals surface area contributed by atoms with Gasteiger partial charge in [-0.05, 0) is 5.56 Å². The van der Waals surface area contributed by atoms with Crippen LogP contribution in [0.5, 0.6) is 0 Å². The van der Waals surface area contributed by atoms with Crippen molar-refractivity contribution in [3.05, 3.63) is 55.1 Å². The molecule has 0 aliphatic heterocycles. The van der Waals surface area contributed by atoms with Gasteiger partial charge in [0.25, 0.3) is 0 Å². The van der Waals surface area contributed by atoms with Gasteiger partial charge in [-0.1, -0.05) is 43.0 Å². The monoisotopic (exact) mass is 226 g/mol. The summed E-state index contributed by atoms with van der Waals surface area (Å²) in [6.45, 7) is 7.09. The molecule has 0 fully saturated rings. The second kappa shape index (κ2) is 8.32. The molecule has 0 unspecified atom stereocenters. The van der Waals surface area contributed by atoms with E-state index in [1.807, 2.05) is 42.5 Å². The van der Waals surface area contributed by atoms with Gasteiger partial charge in [-0.25, -0.2) is 0 Å². The van der Waals surface area contributed by atoms with E-state index in [1.54, 1.807) is 0 Å². The van der Waals surface area contributed by atoms with E-state index in [0.29, 0.717) is 0 Å². The Hall–Kier alpha value is -0.781. The Morgan fingerprint density at radius 3 is 1.92 bits per heavy atom. The molecular formula is C11H14Se. The quantitative estimate of drug-likeness (QED) is 0.536. The third kappa shape index (κ3) is 5.96. The van der Waals surface area contributed by atoms with Gasteiger partial charge in [-0.2, -0.15) is 0 Å². The summed E-state index contributed by atoms with van der Waals surface area (Å²) in [5.74, 6) is 0. The standard InChI is InChI=1S/C8H8.C3H6Se/c1-2-8-6-4-3-5-7-8;1-2-3-4/h2-7H,1H2;2,4H,1,3H2. The van der Waals surface area contributed by atoms with Crippen LogP contribution in [-0.2, 0) is 0 Å². The molecule has 0 nitrogen and oxygen atoms in total. The van der Waals surface area contributed by atoms with Crippen molar-refractivity contribution in [3.63, 3.8) is 0 Å². The number of rotatable bonds is 2. The molecule has 1 rings (SSSR count). The van der Waals surface area contributed by atoms with Crippen LogP contribution in [-0.4, -0.2) is 16.0 Å². The molecule has 0 saturated heterocycles. The molecule has 1 aromatic rings. The zero-order chi connectivity index (χ0) is 9.23. The number of hydrogen-bond acceptors (Lipinski definition) is 0. The minimum atomic E-state index is 1.02. The summed E-state index contributed by atoms with van der Waals surface area (Å²) in [4.78, 5) is 0. The molecule has 0 saturated carbocycles. The normalized spacial score (nSPS) is 7.75. The van der Waals surface area contributed by atoms with Crippen LogP contribution in [0, 0.1) is 0 Å². The first kappa shape index (κ1) is 11.2. The van der Waals surface area contributed by atoms with Crippen molar-refractivity contribution in [1.82, 2.24) is 0 Å². The summed E-state index contributed by atoms with van der Waals surface area (Å²) in [6, 6.07) is 10.0. The van der Waals surface area contributed by atoms with E-state index in [2.05, 4.69) is 29.2 Å². The van der Waals surface area contributed by atoms with E-state index in [9.17, 15) is 0 Å². The Morgan fingerprint density at radius 1 is 1.17 bits per heavy atom. The fraction of sp³-hybridized carbons (Fsp3) is 0.0909. The van der Waals surface area contributed by atoms with Gasteiger partial charge < -0.3 is 0 Å². The minimum absolute atomic E-state index is 1.02. The van der Waals surface area contributed by atoms with Crippen LogP contribution in [0.1, 0.15) is 5.56 Å². The number of hydrogen-bond donors (Lipinski definition) is 0. The largest absolute Gasteiger partial charge is 0.0985 e. The fourth-order valence-corrected chi connectivity index (χ4v) is 0.589. The van der Waals surface area contributed by atoms with Crippen molar-refractivity contribution >= 4 is 22.1 Å². The number of allylic oxidation sites excluding steroid dienone is 1. The predicted molar refractivity (Wildman–Crippen MR) is 58.7 cm³/mol. The third-order valence-electron chi connectivity index (χ3n) is 1.16. The molecule has 0 aliphatic carbocycles. The zero-order valence-electron chi connectivity index (χ0n) is 7.11. The van der Waals surface area contributed by atoms with Crippen LogP contribution in [0.25, 0.3) is 6.08 Å². The van der Waals surface area contributed by atoms with Crippen LogP contribution >= 0.6 is 0 Å². The average Bonchev–Trinajstić information content (AvgIpc) is 2.19.